The fraction of sp³-hybridized carbons (Fsp3) is 0.143. The predicted molar refractivity (Wildman–Crippen MR) is 101 cm³/mol. The van der Waals surface area contributed by atoms with Crippen molar-refractivity contribution in [1.82, 2.24) is 0 Å². The summed E-state index contributed by atoms with van der Waals surface area (Å²) in [7, 11) is 0. The molecule has 0 fully saturated rings. The Hall–Kier alpha value is -2.79. The van der Waals surface area contributed by atoms with Crippen molar-refractivity contribution in [3.8, 4) is 0 Å². The van der Waals surface area contributed by atoms with Crippen molar-refractivity contribution in [3.63, 3.8) is 0 Å². The molecule has 3 rings (SSSR count). The zero-order valence-corrected chi connectivity index (χ0v) is 15.1. The molecule has 0 spiro atoms. The molecule has 5 heteroatoms. The van der Waals surface area contributed by atoms with Gasteiger partial charge in [0.05, 0.1) is 5.56 Å². The minimum atomic E-state index is -0.528. The molecular formula is C21H18FNO2S. The zero-order valence-electron chi connectivity index (χ0n) is 14.3. The first kappa shape index (κ1) is 18.0. The first-order valence-corrected chi connectivity index (χ1v) is 9.01. The van der Waals surface area contributed by atoms with Gasteiger partial charge in [0, 0.05) is 28.2 Å². The topological polar surface area (TPSA) is 60.2 Å². The third-order valence-corrected chi connectivity index (χ3v) is 5.55. The van der Waals surface area contributed by atoms with Crippen molar-refractivity contribution in [1.29, 1.82) is 0 Å². The Kier molecular flexibility index (Phi) is 5.28. The van der Waals surface area contributed by atoms with Gasteiger partial charge in [-0.25, -0.2) is 4.39 Å². The number of thiophene rings is 1. The van der Waals surface area contributed by atoms with Gasteiger partial charge in [-0.1, -0.05) is 30.3 Å². The van der Waals surface area contributed by atoms with Crippen molar-refractivity contribution in [2.75, 3.05) is 0 Å². The molecule has 0 radical (unpaired) electrons. The second-order valence-electron chi connectivity index (χ2n) is 6.08. The average Bonchev–Trinajstić information content (AvgIpc) is 2.91. The molecule has 0 saturated heterocycles. The van der Waals surface area contributed by atoms with Gasteiger partial charge in [-0.05, 0) is 42.3 Å². The Morgan fingerprint density at radius 1 is 1.00 bits per heavy atom. The monoisotopic (exact) mass is 367 g/mol. The quantitative estimate of drug-likeness (QED) is 0.660. The minimum absolute atomic E-state index is 0.0736. The summed E-state index contributed by atoms with van der Waals surface area (Å²) in [6.07, 6.45) is 0.757. The minimum Gasteiger partial charge on any atom is -0.366 e. The average molecular weight is 367 g/mol. The molecule has 3 aromatic rings. The third kappa shape index (κ3) is 3.89. The summed E-state index contributed by atoms with van der Waals surface area (Å²) < 4.78 is 13.0. The van der Waals surface area contributed by atoms with Gasteiger partial charge in [0.1, 0.15) is 5.82 Å². The lowest BCUT2D eigenvalue weighted by Crippen LogP contribution is -2.15. The van der Waals surface area contributed by atoms with Crippen LogP contribution in [0.5, 0.6) is 0 Å². The van der Waals surface area contributed by atoms with E-state index in [-0.39, 0.29) is 12.2 Å². The number of nitrogens with two attached hydrogens (primary N) is 1. The Morgan fingerprint density at radius 3 is 2.27 bits per heavy atom. The van der Waals surface area contributed by atoms with Gasteiger partial charge in [0.2, 0.25) is 5.91 Å². The predicted octanol–water partition coefficient (Wildman–Crippen LogP) is 4.31. The van der Waals surface area contributed by atoms with Crippen LogP contribution < -0.4 is 5.73 Å². The van der Waals surface area contributed by atoms with Gasteiger partial charge >= 0.3 is 0 Å². The van der Waals surface area contributed by atoms with Gasteiger partial charge in [0.15, 0.2) is 5.78 Å². The van der Waals surface area contributed by atoms with Crippen LogP contribution in [-0.4, -0.2) is 11.7 Å². The summed E-state index contributed by atoms with van der Waals surface area (Å²) >= 11 is 1.44. The van der Waals surface area contributed by atoms with Crippen LogP contribution in [0.1, 0.15) is 41.6 Å². The van der Waals surface area contributed by atoms with E-state index in [1.165, 1.54) is 35.6 Å². The summed E-state index contributed by atoms with van der Waals surface area (Å²) in [6, 6.07) is 15.3. The van der Waals surface area contributed by atoms with Crippen LogP contribution in [0.3, 0.4) is 0 Å². The number of rotatable bonds is 6. The molecule has 0 saturated carbocycles. The van der Waals surface area contributed by atoms with Crippen LogP contribution in [0, 0.1) is 12.7 Å². The highest BCUT2D eigenvalue weighted by Crippen LogP contribution is 2.31. The SMILES string of the molecule is Cc1c(Cc2ccccc2)sc(CC(=O)c2ccc(F)cc2)c1C(N)=O. The van der Waals surface area contributed by atoms with Gasteiger partial charge in [0.25, 0.3) is 0 Å². The van der Waals surface area contributed by atoms with Crippen LogP contribution in [0.15, 0.2) is 54.6 Å². The van der Waals surface area contributed by atoms with Crippen molar-refractivity contribution < 1.29 is 14.0 Å². The number of ketones is 1. The number of amides is 1. The van der Waals surface area contributed by atoms with E-state index in [0.717, 1.165) is 16.0 Å². The molecule has 26 heavy (non-hydrogen) atoms. The van der Waals surface area contributed by atoms with E-state index < -0.39 is 11.7 Å². The molecule has 0 atom stereocenters. The molecule has 2 N–H and O–H groups in total. The summed E-state index contributed by atoms with van der Waals surface area (Å²) in [5, 5.41) is 0. The van der Waals surface area contributed by atoms with Crippen LogP contribution >= 0.6 is 11.3 Å². The maximum atomic E-state index is 13.0. The van der Waals surface area contributed by atoms with Gasteiger partial charge in [-0.15, -0.1) is 11.3 Å². The lowest BCUT2D eigenvalue weighted by Gasteiger charge is -2.02. The van der Waals surface area contributed by atoms with E-state index in [1.54, 1.807) is 0 Å². The van der Waals surface area contributed by atoms with Gasteiger partial charge in [-0.3, -0.25) is 9.59 Å². The van der Waals surface area contributed by atoms with E-state index in [1.807, 2.05) is 37.3 Å². The Labute approximate surface area is 155 Å². The molecule has 1 heterocycles. The number of hydrogen-bond acceptors (Lipinski definition) is 3. The normalized spacial score (nSPS) is 10.7. The van der Waals surface area contributed by atoms with Crippen LogP contribution in [-0.2, 0) is 12.8 Å². The smallest absolute Gasteiger partial charge is 0.250 e. The van der Waals surface area contributed by atoms with Crippen molar-refractivity contribution in [3.05, 3.63) is 92.4 Å². The highest BCUT2D eigenvalue weighted by molar-refractivity contribution is 7.12. The standard InChI is InChI=1S/C21H18FNO2S/c1-13-18(11-14-5-3-2-4-6-14)26-19(20(13)21(23)25)12-17(24)15-7-9-16(22)10-8-15/h2-10H,11-12H2,1H3,(H2,23,25). The molecule has 1 amide bonds. The third-order valence-electron chi connectivity index (χ3n) is 4.26. The maximum Gasteiger partial charge on any atom is 0.250 e. The number of primary amides is 1. The largest absolute Gasteiger partial charge is 0.366 e. The number of Topliss-reactive ketones (excluding diaryl/α,β-unsaturated/α-hetero) is 1. The van der Waals surface area contributed by atoms with Crippen LogP contribution in [0.25, 0.3) is 0 Å². The first-order valence-electron chi connectivity index (χ1n) is 8.19. The van der Waals surface area contributed by atoms with E-state index >= 15 is 0 Å². The van der Waals surface area contributed by atoms with Crippen molar-refractivity contribution in [2.45, 2.75) is 19.8 Å². The molecule has 2 aromatic carbocycles. The Morgan fingerprint density at radius 2 is 1.65 bits per heavy atom. The molecule has 0 unspecified atom stereocenters. The molecule has 132 valence electrons. The fourth-order valence-corrected chi connectivity index (χ4v) is 4.26. The Balaban J connectivity index is 1.90. The van der Waals surface area contributed by atoms with Crippen molar-refractivity contribution >= 4 is 23.0 Å². The second-order valence-corrected chi connectivity index (χ2v) is 7.27. The number of carbonyl (C=O) groups is 2. The highest BCUT2D eigenvalue weighted by atomic mass is 32.1. The summed E-state index contributed by atoms with van der Waals surface area (Å²) in [5.41, 5.74) is 8.36. The van der Waals surface area contributed by atoms with Crippen LogP contribution in [0.4, 0.5) is 4.39 Å². The molecule has 3 nitrogen and oxygen atoms in total. The lowest BCUT2D eigenvalue weighted by atomic mass is 10.0. The van der Waals surface area contributed by atoms with E-state index in [9.17, 15) is 14.0 Å². The van der Waals surface area contributed by atoms with Crippen molar-refractivity contribution in [2.24, 2.45) is 5.73 Å². The zero-order chi connectivity index (χ0) is 18.7. The van der Waals surface area contributed by atoms with Gasteiger partial charge < -0.3 is 5.73 Å². The summed E-state index contributed by atoms with van der Waals surface area (Å²) in [6.45, 7) is 1.86. The number of hydrogen-bond donors (Lipinski definition) is 1. The number of benzene rings is 2. The molecule has 0 bridgehead atoms. The number of carbonyl (C=O) groups excluding carboxylic acids is 2. The second kappa shape index (κ2) is 7.62. The highest BCUT2D eigenvalue weighted by Gasteiger charge is 2.21. The molecule has 0 aliphatic rings. The lowest BCUT2D eigenvalue weighted by molar-refractivity contribution is 0.0992. The van der Waals surface area contributed by atoms with E-state index in [4.69, 9.17) is 5.73 Å². The first-order chi connectivity index (χ1) is 12.5. The van der Waals surface area contributed by atoms with Gasteiger partial charge in [-0.2, -0.15) is 0 Å². The summed E-state index contributed by atoms with van der Waals surface area (Å²) in [4.78, 5) is 26.1. The fourth-order valence-electron chi connectivity index (χ4n) is 2.91. The molecule has 0 aliphatic carbocycles. The molecular weight excluding hydrogens is 349 g/mol. The molecule has 0 aliphatic heterocycles. The van der Waals surface area contributed by atoms with E-state index in [2.05, 4.69) is 0 Å². The molecule has 1 aromatic heterocycles. The van der Waals surface area contributed by atoms with Crippen LogP contribution in [0.2, 0.25) is 0 Å². The summed E-state index contributed by atoms with van der Waals surface area (Å²) in [5.74, 6) is -1.09. The Bertz CT molecular complexity index is 946. The maximum absolute atomic E-state index is 13.0. The number of halogens is 1. The van der Waals surface area contributed by atoms with E-state index in [0.29, 0.717) is 22.4 Å².